The molecule has 0 aliphatic carbocycles. The lowest BCUT2D eigenvalue weighted by Crippen LogP contribution is -2.33. The molecule has 1 fully saturated rings. The molecule has 1 heterocycles. The van der Waals surface area contributed by atoms with Crippen LogP contribution in [0.4, 0.5) is 0 Å². The van der Waals surface area contributed by atoms with Crippen molar-refractivity contribution in [2.75, 3.05) is 6.61 Å². The molecule has 1 nitrogen and oxygen atoms in total. The van der Waals surface area contributed by atoms with Gasteiger partial charge in [0.25, 0.3) is 0 Å². The fourth-order valence-corrected chi connectivity index (χ4v) is 6.94. The van der Waals surface area contributed by atoms with E-state index in [4.69, 9.17) is 4.74 Å². The van der Waals surface area contributed by atoms with Gasteiger partial charge in [0.1, 0.15) is 0 Å². The van der Waals surface area contributed by atoms with E-state index in [1.165, 1.54) is 94.6 Å². The third-order valence-corrected chi connectivity index (χ3v) is 8.53. The maximum absolute atomic E-state index is 6.02. The number of unbranched alkanes of at least 4 members (excludes halogenated alkanes) is 7. The second-order valence-electron chi connectivity index (χ2n) is 9.58. The molecule has 1 aliphatic rings. The Labute approximate surface area is 171 Å². The molecule has 27 heavy (non-hydrogen) atoms. The van der Waals surface area contributed by atoms with E-state index >= 15 is 0 Å². The van der Waals surface area contributed by atoms with Crippen molar-refractivity contribution in [2.45, 2.75) is 115 Å². The van der Waals surface area contributed by atoms with Gasteiger partial charge in [-0.2, -0.15) is 0 Å². The van der Waals surface area contributed by atoms with E-state index in [0.29, 0.717) is 10.8 Å². The van der Waals surface area contributed by atoms with Crippen molar-refractivity contribution in [1.82, 2.24) is 0 Å². The second-order valence-corrected chi connectivity index (χ2v) is 12.8. The molecule has 1 atom stereocenters. The van der Waals surface area contributed by atoms with Crippen molar-refractivity contribution < 1.29 is 4.74 Å². The maximum atomic E-state index is 6.02. The number of aryl methyl sites for hydroxylation is 1. The molecule has 0 amide bonds. The van der Waals surface area contributed by atoms with Crippen LogP contribution in [0, 0.1) is 0 Å². The predicted molar refractivity (Wildman–Crippen MR) is 123 cm³/mol. The zero-order chi connectivity index (χ0) is 19.4. The molecular formula is C25H44OSi. The molecule has 2 rings (SSSR count). The van der Waals surface area contributed by atoms with Crippen LogP contribution in [-0.2, 0) is 17.6 Å². The van der Waals surface area contributed by atoms with Gasteiger partial charge in [0, 0.05) is 12.3 Å². The number of rotatable bonds is 13. The molecule has 1 aliphatic heterocycles. The van der Waals surface area contributed by atoms with E-state index in [1.807, 2.05) is 0 Å². The highest BCUT2D eigenvalue weighted by atomic mass is 28.2. The Morgan fingerprint density at radius 3 is 2.15 bits per heavy atom. The van der Waals surface area contributed by atoms with Crippen LogP contribution in [-0.4, -0.2) is 21.9 Å². The predicted octanol–water partition coefficient (Wildman–Crippen LogP) is 6.81. The smallest absolute Gasteiger partial charge is 0.0619 e. The normalized spacial score (nSPS) is 18.4. The number of benzene rings is 1. The van der Waals surface area contributed by atoms with Crippen LogP contribution in [0.25, 0.3) is 0 Å². The minimum atomic E-state index is -0.210. The topological polar surface area (TPSA) is 9.23 Å². The summed E-state index contributed by atoms with van der Waals surface area (Å²) >= 11 is 0. The lowest BCUT2D eigenvalue weighted by Gasteiger charge is -2.31. The average molecular weight is 389 g/mol. The van der Waals surface area contributed by atoms with Crippen molar-refractivity contribution in [3.63, 3.8) is 0 Å². The van der Waals surface area contributed by atoms with E-state index in [1.54, 1.807) is 0 Å². The molecule has 0 saturated carbocycles. The summed E-state index contributed by atoms with van der Waals surface area (Å²) in [4.78, 5) is 0. The summed E-state index contributed by atoms with van der Waals surface area (Å²) in [6.07, 6.45) is 17.7. The Hall–Kier alpha value is -0.603. The Balaban J connectivity index is 1.63. The first kappa shape index (κ1) is 22.7. The van der Waals surface area contributed by atoms with E-state index in [0.717, 1.165) is 6.61 Å². The van der Waals surface area contributed by atoms with Gasteiger partial charge in [-0.05, 0) is 54.7 Å². The molecule has 1 aromatic carbocycles. The molecule has 0 radical (unpaired) electrons. The molecule has 0 spiro atoms. The zero-order valence-corrected chi connectivity index (χ0v) is 19.8. The minimum Gasteiger partial charge on any atom is -0.382 e. The number of ether oxygens (including phenoxy) is 1. The molecule has 1 saturated heterocycles. The fourth-order valence-electron chi connectivity index (χ4n) is 4.50. The Morgan fingerprint density at radius 1 is 0.889 bits per heavy atom. The van der Waals surface area contributed by atoms with Crippen molar-refractivity contribution in [3.05, 3.63) is 35.4 Å². The van der Waals surface area contributed by atoms with E-state index in [-0.39, 0.29) is 9.52 Å². The summed E-state index contributed by atoms with van der Waals surface area (Å²) in [6.45, 7) is 8.22. The minimum absolute atomic E-state index is 0.210. The summed E-state index contributed by atoms with van der Waals surface area (Å²) in [6, 6.07) is 9.53. The molecule has 0 N–H and O–H groups in total. The van der Waals surface area contributed by atoms with Gasteiger partial charge in [-0.15, -0.1) is 0 Å². The quantitative estimate of drug-likeness (QED) is 0.266. The zero-order valence-electron chi connectivity index (χ0n) is 18.4. The highest BCUT2D eigenvalue weighted by molar-refractivity contribution is 6.41. The summed E-state index contributed by atoms with van der Waals surface area (Å²) in [5.41, 5.74) is 3.66. The van der Waals surface area contributed by atoms with Gasteiger partial charge in [0.15, 0.2) is 0 Å². The van der Waals surface area contributed by atoms with Crippen molar-refractivity contribution in [1.29, 1.82) is 0 Å². The van der Waals surface area contributed by atoms with E-state index < -0.39 is 0 Å². The lowest BCUT2D eigenvalue weighted by atomic mass is 9.99. The SMILES string of the molecule is CCCCCCCCCCc1ccc(CC(C)(C)[SiH2]C2CCCCO2)cc1. The van der Waals surface area contributed by atoms with Crippen molar-refractivity contribution >= 4 is 9.52 Å². The van der Waals surface area contributed by atoms with Crippen LogP contribution in [0.3, 0.4) is 0 Å². The van der Waals surface area contributed by atoms with Gasteiger partial charge in [-0.25, -0.2) is 0 Å². The summed E-state index contributed by atoms with van der Waals surface area (Å²) < 4.78 is 6.02. The average Bonchev–Trinajstić information content (AvgIpc) is 2.65. The Morgan fingerprint density at radius 2 is 1.52 bits per heavy atom. The first-order valence-corrected chi connectivity index (χ1v) is 13.3. The van der Waals surface area contributed by atoms with Crippen LogP contribution in [0.5, 0.6) is 0 Å². The molecule has 1 unspecified atom stereocenters. The van der Waals surface area contributed by atoms with Crippen LogP contribution in [0.15, 0.2) is 24.3 Å². The first-order chi connectivity index (χ1) is 13.1. The Bertz CT molecular complexity index is 488. The molecule has 2 heteroatoms. The summed E-state index contributed by atoms with van der Waals surface area (Å²) in [5.74, 6) is 0. The van der Waals surface area contributed by atoms with Crippen molar-refractivity contribution in [3.8, 4) is 0 Å². The molecule has 154 valence electrons. The van der Waals surface area contributed by atoms with Gasteiger partial charge >= 0.3 is 0 Å². The summed E-state index contributed by atoms with van der Waals surface area (Å²) in [5, 5.41) is 0.460. The van der Waals surface area contributed by atoms with Gasteiger partial charge in [0.05, 0.1) is 9.52 Å². The van der Waals surface area contributed by atoms with Crippen LogP contribution in [0.2, 0.25) is 5.04 Å². The molecular weight excluding hydrogens is 344 g/mol. The van der Waals surface area contributed by atoms with Gasteiger partial charge < -0.3 is 4.74 Å². The Kier molecular flexibility index (Phi) is 10.7. The van der Waals surface area contributed by atoms with Gasteiger partial charge in [-0.1, -0.05) is 90.0 Å². The monoisotopic (exact) mass is 388 g/mol. The third-order valence-electron chi connectivity index (χ3n) is 6.08. The van der Waals surface area contributed by atoms with E-state index in [2.05, 4.69) is 45.0 Å². The highest BCUT2D eigenvalue weighted by Crippen LogP contribution is 2.31. The molecule has 0 aromatic heterocycles. The molecule has 0 bridgehead atoms. The van der Waals surface area contributed by atoms with Crippen LogP contribution >= 0.6 is 0 Å². The fraction of sp³-hybridized carbons (Fsp3) is 0.760. The number of hydrogen-bond acceptors (Lipinski definition) is 1. The third kappa shape index (κ3) is 9.94. The second kappa shape index (κ2) is 12.8. The number of hydrogen-bond donors (Lipinski definition) is 0. The largest absolute Gasteiger partial charge is 0.382 e. The molecule has 1 aromatic rings. The maximum Gasteiger partial charge on any atom is 0.0619 e. The van der Waals surface area contributed by atoms with Gasteiger partial charge in [0.2, 0.25) is 0 Å². The van der Waals surface area contributed by atoms with Crippen LogP contribution < -0.4 is 0 Å². The summed E-state index contributed by atoms with van der Waals surface area (Å²) in [7, 11) is -0.210. The van der Waals surface area contributed by atoms with Crippen molar-refractivity contribution in [2.24, 2.45) is 0 Å². The lowest BCUT2D eigenvalue weighted by molar-refractivity contribution is 0.0633. The van der Waals surface area contributed by atoms with E-state index in [9.17, 15) is 0 Å². The highest BCUT2D eigenvalue weighted by Gasteiger charge is 2.26. The van der Waals surface area contributed by atoms with Crippen LogP contribution in [0.1, 0.15) is 103 Å². The van der Waals surface area contributed by atoms with Gasteiger partial charge in [-0.3, -0.25) is 0 Å². The standard InChI is InChI=1S/C25H44OSi/c1-4-5-6-7-8-9-10-11-14-22-16-18-23(19-17-22)21-25(2,3)27-24-15-12-13-20-26-24/h16-19,24H,4-15,20-21,27H2,1-3H3. The first-order valence-electron chi connectivity index (χ1n) is 11.8.